The van der Waals surface area contributed by atoms with Crippen LogP contribution in [0.2, 0.25) is 44.8 Å². The van der Waals surface area contributed by atoms with Crippen molar-refractivity contribution < 1.29 is 19.1 Å². The van der Waals surface area contributed by atoms with E-state index in [-0.39, 0.29) is 23.8 Å². The van der Waals surface area contributed by atoms with Gasteiger partial charge in [-0.1, -0.05) is 50.6 Å². The monoisotopic (exact) mass is 476 g/mol. The normalized spacial score (nSPS) is 30.4. The molecule has 0 radical (unpaired) electrons. The van der Waals surface area contributed by atoms with E-state index in [1.165, 1.54) is 5.20 Å². The van der Waals surface area contributed by atoms with Gasteiger partial charge in [0.25, 0.3) is 0 Å². The number of hydrogen-bond acceptors (Lipinski definition) is 4. The molecule has 0 aliphatic heterocycles. The predicted octanol–water partition coefficient (Wildman–Crippen LogP) is 6.37. The van der Waals surface area contributed by atoms with E-state index in [1.807, 2.05) is 41.5 Å². The van der Waals surface area contributed by atoms with E-state index in [2.05, 4.69) is 45.4 Å². The van der Waals surface area contributed by atoms with Crippen LogP contribution in [0.15, 0.2) is 22.4 Å². The Morgan fingerprint density at radius 3 is 1.72 bits per heavy atom. The van der Waals surface area contributed by atoms with Gasteiger partial charge in [-0.05, 0) is 65.3 Å². The number of rotatable bonds is 4. The molecule has 32 heavy (non-hydrogen) atoms. The van der Waals surface area contributed by atoms with Crippen LogP contribution in [-0.2, 0) is 19.1 Å². The van der Waals surface area contributed by atoms with Crippen LogP contribution >= 0.6 is 0 Å². The Morgan fingerprint density at radius 2 is 1.31 bits per heavy atom. The standard InChI is InChI=1S/C26H44O4Si2/c1-25(2,3)29-23(27)20-16-14-18(32(10,11)12)21(22(20)24(28)30-26(4,5)6)19-15(16)13-17(19)31(7,8)9/h14-17,19,21H,13H2,1-12H3. The molecule has 4 aliphatic carbocycles. The fourth-order valence-corrected chi connectivity index (χ4v) is 10.5. The van der Waals surface area contributed by atoms with Crippen molar-refractivity contribution >= 4 is 28.1 Å². The van der Waals surface area contributed by atoms with Crippen molar-refractivity contribution in [1.29, 1.82) is 0 Å². The van der Waals surface area contributed by atoms with E-state index in [4.69, 9.17) is 9.47 Å². The van der Waals surface area contributed by atoms with E-state index >= 15 is 0 Å². The topological polar surface area (TPSA) is 52.6 Å². The lowest BCUT2D eigenvalue weighted by Gasteiger charge is -2.63. The smallest absolute Gasteiger partial charge is 0.335 e. The molecule has 4 nitrogen and oxygen atoms in total. The van der Waals surface area contributed by atoms with Crippen molar-refractivity contribution in [3.8, 4) is 0 Å². The average molecular weight is 477 g/mol. The number of allylic oxidation sites excluding steroid dienone is 2. The highest BCUT2D eigenvalue weighted by atomic mass is 28.3. The summed E-state index contributed by atoms with van der Waals surface area (Å²) in [6.07, 6.45) is 3.52. The lowest BCUT2D eigenvalue weighted by molar-refractivity contribution is -0.156. The van der Waals surface area contributed by atoms with Crippen LogP contribution in [-0.4, -0.2) is 39.3 Å². The van der Waals surface area contributed by atoms with Crippen LogP contribution in [0, 0.1) is 23.7 Å². The van der Waals surface area contributed by atoms with Crippen molar-refractivity contribution in [2.75, 3.05) is 0 Å². The summed E-state index contributed by atoms with van der Waals surface area (Å²) in [5.41, 5.74) is 0.642. The molecule has 1 saturated carbocycles. The molecule has 0 spiro atoms. The van der Waals surface area contributed by atoms with Crippen molar-refractivity contribution in [3.05, 3.63) is 22.4 Å². The molecule has 180 valence electrons. The molecule has 6 heteroatoms. The minimum Gasteiger partial charge on any atom is -0.457 e. The third kappa shape index (κ3) is 4.72. The quantitative estimate of drug-likeness (QED) is 0.349. The summed E-state index contributed by atoms with van der Waals surface area (Å²) < 4.78 is 11.8. The SMILES string of the molecule is CC(C)(C)OC(=O)C1=C(C(=O)OC(C)(C)C)C2C([Si](C)(C)C)=CC1C1CC([Si](C)(C)C)C21. The zero-order chi connectivity index (χ0) is 24.6. The minimum absolute atomic E-state index is 0.000454. The molecule has 5 unspecified atom stereocenters. The van der Waals surface area contributed by atoms with Crippen molar-refractivity contribution in [1.82, 2.24) is 0 Å². The highest BCUT2D eigenvalue weighted by Crippen LogP contribution is 2.67. The van der Waals surface area contributed by atoms with Gasteiger partial charge < -0.3 is 9.47 Å². The second-order valence-electron chi connectivity index (χ2n) is 14.2. The first-order valence-electron chi connectivity index (χ1n) is 12.2. The number of carbonyl (C=O) groups excluding carboxylic acids is 2. The second-order valence-corrected chi connectivity index (χ2v) is 24.7. The Kier molecular flexibility index (Phi) is 6.12. The largest absolute Gasteiger partial charge is 0.457 e. The molecular weight excluding hydrogens is 432 g/mol. The first-order chi connectivity index (χ1) is 14.2. The molecule has 0 saturated heterocycles. The molecule has 0 N–H and O–H groups in total. The van der Waals surface area contributed by atoms with Crippen molar-refractivity contribution in [3.63, 3.8) is 0 Å². The molecule has 4 aliphatic rings. The maximum atomic E-state index is 13.7. The van der Waals surface area contributed by atoms with Crippen LogP contribution in [0.25, 0.3) is 0 Å². The van der Waals surface area contributed by atoms with Gasteiger partial charge in [0.05, 0.1) is 19.2 Å². The molecule has 1 fully saturated rings. The Hall–Kier alpha value is -1.15. The van der Waals surface area contributed by atoms with Crippen molar-refractivity contribution in [2.24, 2.45) is 23.7 Å². The van der Waals surface area contributed by atoms with Crippen LogP contribution in [0.5, 0.6) is 0 Å². The van der Waals surface area contributed by atoms with E-state index < -0.39 is 27.3 Å². The van der Waals surface area contributed by atoms with Gasteiger partial charge >= 0.3 is 11.9 Å². The van der Waals surface area contributed by atoms with Crippen LogP contribution < -0.4 is 0 Å². The van der Waals surface area contributed by atoms with Gasteiger partial charge in [0.1, 0.15) is 11.2 Å². The van der Waals surface area contributed by atoms with Gasteiger partial charge in [0.2, 0.25) is 0 Å². The third-order valence-corrected chi connectivity index (χ3v) is 12.2. The van der Waals surface area contributed by atoms with Gasteiger partial charge in [-0.2, -0.15) is 0 Å². The lowest BCUT2D eigenvalue weighted by Crippen LogP contribution is -2.59. The number of esters is 2. The molecule has 2 bridgehead atoms. The average Bonchev–Trinajstić information content (AvgIpc) is 2.47. The van der Waals surface area contributed by atoms with Crippen LogP contribution in [0.4, 0.5) is 0 Å². The molecular formula is C26H44O4Si2. The maximum Gasteiger partial charge on any atom is 0.335 e. The van der Waals surface area contributed by atoms with E-state index in [1.54, 1.807) is 0 Å². The van der Waals surface area contributed by atoms with E-state index in [0.29, 0.717) is 28.5 Å². The molecule has 0 aromatic heterocycles. The summed E-state index contributed by atoms with van der Waals surface area (Å²) >= 11 is 0. The summed E-state index contributed by atoms with van der Waals surface area (Å²) in [6, 6.07) is 0. The third-order valence-electron chi connectivity index (χ3n) is 7.18. The lowest BCUT2D eigenvalue weighted by atomic mass is 9.51. The minimum atomic E-state index is -1.71. The van der Waals surface area contributed by atoms with E-state index in [0.717, 1.165) is 6.42 Å². The predicted molar refractivity (Wildman–Crippen MR) is 136 cm³/mol. The fourth-order valence-electron chi connectivity index (χ4n) is 5.99. The van der Waals surface area contributed by atoms with Crippen LogP contribution in [0.1, 0.15) is 48.0 Å². The first kappa shape index (κ1) is 25.5. The van der Waals surface area contributed by atoms with Gasteiger partial charge in [0.15, 0.2) is 0 Å². The molecule has 5 atom stereocenters. The van der Waals surface area contributed by atoms with Gasteiger partial charge in [0, 0.05) is 19.9 Å². The fraction of sp³-hybridized carbons (Fsp3) is 0.769. The summed E-state index contributed by atoms with van der Waals surface area (Å²) in [7, 11) is -3.12. The second kappa shape index (κ2) is 7.69. The molecule has 0 aromatic rings. The number of hydrogen-bond donors (Lipinski definition) is 0. The first-order valence-corrected chi connectivity index (χ1v) is 19.2. The Balaban J connectivity index is 2.20. The molecule has 0 aromatic carbocycles. The van der Waals surface area contributed by atoms with Gasteiger partial charge in [-0.25, -0.2) is 9.59 Å². The molecule has 0 heterocycles. The Bertz CT molecular complexity index is 871. The maximum absolute atomic E-state index is 13.7. The Morgan fingerprint density at radius 1 is 0.844 bits per heavy atom. The molecule has 4 rings (SSSR count). The zero-order valence-corrected chi connectivity index (χ0v) is 24.3. The van der Waals surface area contributed by atoms with Gasteiger partial charge in [-0.3, -0.25) is 0 Å². The molecule has 0 amide bonds. The summed E-state index contributed by atoms with van der Waals surface area (Å²) in [6.45, 7) is 25.7. The van der Waals surface area contributed by atoms with E-state index in [9.17, 15) is 9.59 Å². The van der Waals surface area contributed by atoms with Gasteiger partial charge in [-0.15, -0.1) is 0 Å². The zero-order valence-electron chi connectivity index (χ0n) is 22.3. The highest BCUT2D eigenvalue weighted by Gasteiger charge is 2.63. The number of carbonyl (C=O) groups is 2. The summed E-state index contributed by atoms with van der Waals surface area (Å²) in [5.74, 6) is 0.194. The summed E-state index contributed by atoms with van der Waals surface area (Å²) in [5, 5.41) is 1.43. The summed E-state index contributed by atoms with van der Waals surface area (Å²) in [4.78, 5) is 27.2. The Labute approximate surface area is 197 Å². The highest BCUT2D eigenvalue weighted by molar-refractivity contribution is 6.83. The van der Waals surface area contributed by atoms with Crippen LogP contribution in [0.3, 0.4) is 0 Å². The number of ether oxygens (including phenoxy) is 2. The van der Waals surface area contributed by atoms with Crippen molar-refractivity contribution in [2.45, 2.75) is 104 Å².